The van der Waals surface area contributed by atoms with E-state index in [1.165, 1.54) is 6.33 Å². The van der Waals surface area contributed by atoms with Gasteiger partial charge in [-0.1, -0.05) is 0 Å². The average Bonchev–Trinajstić information content (AvgIpc) is 2.95. The molecule has 1 fully saturated rings. The molecule has 3 N–H and O–H groups in total. The molecular formula is C12H16N6O2. The van der Waals surface area contributed by atoms with Crippen molar-refractivity contribution in [2.75, 3.05) is 32.0 Å². The molecule has 0 aliphatic carbocycles. The van der Waals surface area contributed by atoms with Gasteiger partial charge in [0.25, 0.3) is 0 Å². The number of H-pyrrole nitrogens is 1. The van der Waals surface area contributed by atoms with Crippen LogP contribution < -0.4 is 5.73 Å². The topological polar surface area (TPSA) is 110 Å². The molecule has 8 nitrogen and oxygen atoms in total. The molecule has 1 amide bonds. The number of rotatable bonds is 2. The highest BCUT2D eigenvalue weighted by Gasteiger charge is 2.26. The number of fused-ring (bicyclic) bond motifs is 1. The standard InChI is InChI=1S/C12H16N6O2/c1-7(12(19)18-2-4-20-5-3-18)10-16-9(13)8-11(17-10)15-6-14-8/h6-7H,2-5H2,1H3,(H3,13,14,15,16,17). The normalized spacial score (nSPS) is 17.4. The molecule has 0 spiro atoms. The highest BCUT2D eigenvalue weighted by Crippen LogP contribution is 2.20. The van der Waals surface area contributed by atoms with Gasteiger partial charge in [-0.2, -0.15) is 0 Å². The third-order valence-electron chi connectivity index (χ3n) is 3.41. The molecule has 1 aliphatic heterocycles. The predicted octanol–water partition coefficient (Wildman–Crippen LogP) is -0.103. The molecule has 3 heterocycles. The highest BCUT2D eigenvalue weighted by molar-refractivity contribution is 5.85. The lowest BCUT2D eigenvalue weighted by Crippen LogP contribution is -2.42. The monoisotopic (exact) mass is 276 g/mol. The molecule has 106 valence electrons. The van der Waals surface area contributed by atoms with Crippen molar-refractivity contribution in [3.8, 4) is 0 Å². The van der Waals surface area contributed by atoms with Gasteiger partial charge in [0.05, 0.1) is 25.5 Å². The first-order chi connectivity index (χ1) is 9.66. The number of ether oxygens (including phenoxy) is 1. The Labute approximate surface area is 115 Å². The number of anilines is 1. The lowest BCUT2D eigenvalue weighted by molar-refractivity contribution is -0.136. The summed E-state index contributed by atoms with van der Waals surface area (Å²) in [5.41, 5.74) is 6.93. The summed E-state index contributed by atoms with van der Waals surface area (Å²) in [5, 5.41) is 0. The van der Waals surface area contributed by atoms with Gasteiger partial charge in [0.2, 0.25) is 5.91 Å². The molecule has 1 saturated heterocycles. The number of carbonyl (C=O) groups excluding carboxylic acids is 1. The Morgan fingerprint density at radius 2 is 2.20 bits per heavy atom. The van der Waals surface area contributed by atoms with Gasteiger partial charge >= 0.3 is 0 Å². The number of aromatic amines is 1. The maximum absolute atomic E-state index is 12.4. The third-order valence-corrected chi connectivity index (χ3v) is 3.41. The Bertz CT molecular complexity index is 634. The van der Waals surface area contributed by atoms with Crippen LogP contribution in [0.5, 0.6) is 0 Å². The van der Waals surface area contributed by atoms with Gasteiger partial charge < -0.3 is 20.4 Å². The van der Waals surface area contributed by atoms with E-state index in [-0.39, 0.29) is 5.91 Å². The number of hydrogen-bond donors (Lipinski definition) is 2. The van der Waals surface area contributed by atoms with E-state index in [2.05, 4.69) is 19.9 Å². The highest BCUT2D eigenvalue weighted by atomic mass is 16.5. The maximum Gasteiger partial charge on any atom is 0.233 e. The largest absolute Gasteiger partial charge is 0.382 e. The van der Waals surface area contributed by atoms with Crippen LogP contribution in [0.2, 0.25) is 0 Å². The summed E-state index contributed by atoms with van der Waals surface area (Å²) in [6, 6.07) is 0. The van der Waals surface area contributed by atoms with Crippen LogP contribution in [0.1, 0.15) is 18.7 Å². The molecule has 0 aromatic carbocycles. The molecule has 2 aromatic rings. The quantitative estimate of drug-likeness (QED) is 0.792. The zero-order valence-corrected chi connectivity index (χ0v) is 11.2. The fourth-order valence-corrected chi connectivity index (χ4v) is 2.23. The Morgan fingerprint density at radius 3 is 2.95 bits per heavy atom. The lowest BCUT2D eigenvalue weighted by atomic mass is 10.1. The second kappa shape index (κ2) is 5.04. The number of nitrogen functional groups attached to an aromatic ring is 1. The van der Waals surface area contributed by atoms with Gasteiger partial charge in [-0.25, -0.2) is 15.0 Å². The molecule has 2 aromatic heterocycles. The summed E-state index contributed by atoms with van der Waals surface area (Å²) in [6.07, 6.45) is 1.51. The minimum atomic E-state index is -0.448. The van der Waals surface area contributed by atoms with E-state index in [4.69, 9.17) is 10.5 Å². The Hall–Kier alpha value is -2.22. The second-order valence-corrected chi connectivity index (χ2v) is 4.73. The van der Waals surface area contributed by atoms with Crippen LogP contribution in [0.3, 0.4) is 0 Å². The molecule has 3 rings (SSSR count). The zero-order valence-electron chi connectivity index (χ0n) is 11.2. The van der Waals surface area contributed by atoms with Crippen LogP contribution in [0.15, 0.2) is 6.33 Å². The second-order valence-electron chi connectivity index (χ2n) is 4.73. The van der Waals surface area contributed by atoms with Crippen molar-refractivity contribution in [3.63, 3.8) is 0 Å². The smallest absolute Gasteiger partial charge is 0.233 e. The fourth-order valence-electron chi connectivity index (χ4n) is 2.23. The maximum atomic E-state index is 12.4. The number of imidazole rings is 1. The number of carbonyl (C=O) groups is 1. The van der Waals surface area contributed by atoms with Crippen LogP contribution in [-0.4, -0.2) is 57.0 Å². The number of nitrogens with one attached hydrogen (secondary N) is 1. The molecule has 8 heteroatoms. The lowest BCUT2D eigenvalue weighted by Gasteiger charge is -2.28. The Morgan fingerprint density at radius 1 is 1.45 bits per heavy atom. The van der Waals surface area contributed by atoms with Crippen LogP contribution in [0, 0.1) is 0 Å². The Kier molecular flexibility index (Phi) is 3.23. The number of aromatic nitrogens is 4. The van der Waals surface area contributed by atoms with Crippen molar-refractivity contribution >= 4 is 22.9 Å². The van der Waals surface area contributed by atoms with E-state index in [0.717, 1.165) is 0 Å². The summed E-state index contributed by atoms with van der Waals surface area (Å²) >= 11 is 0. The van der Waals surface area contributed by atoms with E-state index in [1.54, 1.807) is 11.8 Å². The van der Waals surface area contributed by atoms with E-state index in [9.17, 15) is 4.79 Å². The molecule has 1 unspecified atom stereocenters. The van der Waals surface area contributed by atoms with E-state index in [0.29, 0.717) is 49.1 Å². The number of amides is 1. The summed E-state index contributed by atoms with van der Waals surface area (Å²) in [6.45, 7) is 4.12. The van der Waals surface area contributed by atoms with Crippen LogP contribution in [-0.2, 0) is 9.53 Å². The number of morpholine rings is 1. The summed E-state index contributed by atoms with van der Waals surface area (Å²) in [7, 11) is 0. The minimum absolute atomic E-state index is 0.0115. The van der Waals surface area contributed by atoms with Gasteiger partial charge in [-0.05, 0) is 6.92 Å². The molecule has 20 heavy (non-hydrogen) atoms. The first-order valence-electron chi connectivity index (χ1n) is 6.50. The van der Waals surface area contributed by atoms with Gasteiger partial charge in [-0.3, -0.25) is 4.79 Å². The molecule has 1 aliphatic rings. The first kappa shape index (κ1) is 12.8. The van der Waals surface area contributed by atoms with Gasteiger partial charge in [0.15, 0.2) is 11.5 Å². The van der Waals surface area contributed by atoms with Crippen LogP contribution >= 0.6 is 0 Å². The van der Waals surface area contributed by atoms with Crippen molar-refractivity contribution in [1.82, 2.24) is 24.8 Å². The molecule has 1 atom stereocenters. The van der Waals surface area contributed by atoms with Crippen molar-refractivity contribution in [3.05, 3.63) is 12.2 Å². The average molecular weight is 276 g/mol. The predicted molar refractivity (Wildman–Crippen MR) is 71.9 cm³/mol. The van der Waals surface area contributed by atoms with Gasteiger partial charge in [-0.15, -0.1) is 0 Å². The summed E-state index contributed by atoms with van der Waals surface area (Å²) in [5.74, 6) is 0.252. The number of nitrogens with two attached hydrogens (primary N) is 1. The van der Waals surface area contributed by atoms with E-state index >= 15 is 0 Å². The minimum Gasteiger partial charge on any atom is -0.382 e. The van der Waals surface area contributed by atoms with Crippen molar-refractivity contribution in [2.45, 2.75) is 12.8 Å². The van der Waals surface area contributed by atoms with Crippen molar-refractivity contribution in [1.29, 1.82) is 0 Å². The first-order valence-corrected chi connectivity index (χ1v) is 6.50. The number of nitrogens with zero attached hydrogens (tertiary/aromatic N) is 4. The molecule has 0 bridgehead atoms. The van der Waals surface area contributed by atoms with Gasteiger partial charge in [0.1, 0.15) is 11.3 Å². The summed E-state index contributed by atoms with van der Waals surface area (Å²) in [4.78, 5) is 29.6. The van der Waals surface area contributed by atoms with E-state index in [1.807, 2.05) is 0 Å². The molecular weight excluding hydrogens is 260 g/mol. The SMILES string of the molecule is CC(C(=O)N1CCOCC1)c1nc(N)c2[nH]cnc2n1. The van der Waals surface area contributed by atoms with Crippen LogP contribution in [0.25, 0.3) is 11.2 Å². The third kappa shape index (κ3) is 2.18. The van der Waals surface area contributed by atoms with E-state index < -0.39 is 5.92 Å². The van der Waals surface area contributed by atoms with Crippen LogP contribution in [0.4, 0.5) is 5.82 Å². The fraction of sp³-hybridized carbons (Fsp3) is 0.500. The van der Waals surface area contributed by atoms with Gasteiger partial charge in [0, 0.05) is 13.1 Å². The summed E-state index contributed by atoms with van der Waals surface area (Å²) < 4.78 is 5.24. The number of hydrogen-bond acceptors (Lipinski definition) is 6. The zero-order chi connectivity index (χ0) is 14.1. The molecule has 0 radical (unpaired) electrons. The van der Waals surface area contributed by atoms with Crippen molar-refractivity contribution in [2.24, 2.45) is 0 Å². The van der Waals surface area contributed by atoms with Crippen molar-refractivity contribution < 1.29 is 9.53 Å². The Balaban J connectivity index is 1.87. The molecule has 0 saturated carbocycles.